The quantitative estimate of drug-likeness (QED) is 0.789. The summed E-state index contributed by atoms with van der Waals surface area (Å²) in [6.07, 6.45) is 1.96. The van der Waals surface area contributed by atoms with E-state index in [0.29, 0.717) is 0 Å². The van der Waals surface area contributed by atoms with Gasteiger partial charge in [0.25, 0.3) is 0 Å². The molecule has 5 nitrogen and oxygen atoms in total. The number of hydrogen-bond acceptors (Lipinski definition) is 4. The smallest absolute Gasteiger partial charge is 0.221 e. The number of nitrogens with one attached hydrogen (secondary N) is 1. The fourth-order valence-electron chi connectivity index (χ4n) is 1.82. The van der Waals surface area contributed by atoms with Crippen molar-refractivity contribution in [1.82, 2.24) is 5.32 Å². The largest absolute Gasteiger partial charge is 0.398 e. The van der Waals surface area contributed by atoms with Crippen molar-refractivity contribution in [1.29, 1.82) is 0 Å². The van der Waals surface area contributed by atoms with Gasteiger partial charge in [0.1, 0.15) is 0 Å². The number of benzene rings is 1. The first-order valence-electron chi connectivity index (χ1n) is 6.27. The van der Waals surface area contributed by atoms with E-state index in [2.05, 4.69) is 5.32 Å². The number of anilines is 1. The van der Waals surface area contributed by atoms with Gasteiger partial charge in [0.2, 0.25) is 5.91 Å². The van der Waals surface area contributed by atoms with Crippen molar-refractivity contribution in [3.63, 3.8) is 0 Å². The van der Waals surface area contributed by atoms with Crippen LogP contribution in [-0.2, 0) is 14.6 Å². The Bertz CT molecular complexity index is 592. The molecule has 1 fully saturated rings. The second-order valence-electron chi connectivity index (χ2n) is 4.95. The van der Waals surface area contributed by atoms with Crippen molar-refractivity contribution in [3.05, 3.63) is 23.8 Å². The Morgan fingerprint density at radius 2 is 2.11 bits per heavy atom. The minimum absolute atomic E-state index is 0.0217. The number of rotatable bonds is 5. The summed E-state index contributed by atoms with van der Waals surface area (Å²) in [7, 11) is -3.50. The first kappa shape index (κ1) is 13.9. The van der Waals surface area contributed by atoms with E-state index < -0.39 is 9.84 Å². The number of hydrogen-bond donors (Lipinski definition) is 2. The van der Waals surface area contributed by atoms with E-state index in [1.54, 1.807) is 12.1 Å². The Morgan fingerprint density at radius 1 is 1.42 bits per heavy atom. The lowest BCUT2D eigenvalue weighted by Crippen LogP contribution is -2.27. The van der Waals surface area contributed by atoms with E-state index in [4.69, 9.17) is 5.73 Å². The summed E-state index contributed by atoms with van der Waals surface area (Å²) in [4.78, 5) is 11.6. The van der Waals surface area contributed by atoms with Crippen molar-refractivity contribution in [2.75, 3.05) is 11.5 Å². The van der Waals surface area contributed by atoms with Gasteiger partial charge in [-0.2, -0.15) is 0 Å². The summed E-state index contributed by atoms with van der Waals surface area (Å²) in [5, 5.41) is 2.77. The van der Waals surface area contributed by atoms with Gasteiger partial charge in [0, 0.05) is 12.5 Å². The lowest BCUT2D eigenvalue weighted by molar-refractivity contribution is -0.120. The summed E-state index contributed by atoms with van der Waals surface area (Å²) < 4.78 is 24.2. The van der Waals surface area contributed by atoms with Gasteiger partial charge in [-0.25, -0.2) is 8.42 Å². The molecule has 19 heavy (non-hydrogen) atoms. The fourth-order valence-corrected chi connectivity index (χ4v) is 3.18. The maximum Gasteiger partial charge on any atom is 0.221 e. The van der Waals surface area contributed by atoms with E-state index in [9.17, 15) is 13.2 Å². The summed E-state index contributed by atoms with van der Waals surface area (Å²) in [6, 6.07) is 5.07. The third-order valence-electron chi connectivity index (χ3n) is 3.04. The van der Waals surface area contributed by atoms with Crippen molar-refractivity contribution in [2.24, 2.45) is 0 Å². The summed E-state index contributed by atoms with van der Waals surface area (Å²) in [6.45, 7) is 1.84. The van der Waals surface area contributed by atoms with E-state index in [1.807, 2.05) is 6.92 Å². The second kappa shape index (κ2) is 5.21. The van der Waals surface area contributed by atoms with Crippen LogP contribution in [0.3, 0.4) is 0 Å². The molecule has 0 unspecified atom stereocenters. The minimum atomic E-state index is -3.50. The normalized spacial score (nSPS) is 15.2. The van der Waals surface area contributed by atoms with E-state index in [1.165, 1.54) is 6.07 Å². The van der Waals surface area contributed by atoms with Gasteiger partial charge < -0.3 is 11.1 Å². The summed E-state index contributed by atoms with van der Waals surface area (Å²) in [5.41, 5.74) is 6.87. The molecular formula is C13H18N2O3S. The second-order valence-corrected chi connectivity index (χ2v) is 7.03. The molecular weight excluding hydrogens is 264 g/mol. The maximum absolute atomic E-state index is 12.1. The van der Waals surface area contributed by atoms with Gasteiger partial charge in [0.05, 0.1) is 16.3 Å². The molecule has 0 aromatic heterocycles. The maximum atomic E-state index is 12.1. The number of amides is 1. The van der Waals surface area contributed by atoms with Crippen molar-refractivity contribution in [2.45, 2.75) is 37.1 Å². The molecule has 1 aromatic carbocycles. The van der Waals surface area contributed by atoms with Crippen LogP contribution in [0.1, 0.15) is 24.8 Å². The molecule has 1 aliphatic carbocycles. The van der Waals surface area contributed by atoms with Gasteiger partial charge in [0.15, 0.2) is 9.84 Å². The average molecular weight is 282 g/mol. The van der Waals surface area contributed by atoms with Crippen LogP contribution in [0.5, 0.6) is 0 Å². The molecule has 0 saturated heterocycles. The standard InChI is InChI=1S/C13H18N2O3S/c1-9-2-5-12(11(14)8-9)19(17,18)7-6-13(16)15-10-3-4-10/h2,5,8,10H,3-4,6-7,14H2,1H3,(H,15,16). The Morgan fingerprint density at radius 3 is 2.68 bits per heavy atom. The zero-order chi connectivity index (χ0) is 14.0. The number of nitrogen functional groups attached to an aromatic ring is 1. The highest BCUT2D eigenvalue weighted by atomic mass is 32.2. The molecule has 0 heterocycles. The number of aryl methyl sites for hydroxylation is 1. The molecule has 1 aliphatic rings. The van der Waals surface area contributed by atoms with Gasteiger partial charge in [-0.3, -0.25) is 4.79 Å². The lowest BCUT2D eigenvalue weighted by atomic mass is 10.2. The Balaban J connectivity index is 2.02. The Labute approximate surface area is 113 Å². The van der Waals surface area contributed by atoms with Gasteiger partial charge in [-0.05, 0) is 37.5 Å². The molecule has 1 aromatic rings. The van der Waals surface area contributed by atoms with Crippen molar-refractivity contribution >= 4 is 21.4 Å². The van der Waals surface area contributed by atoms with Gasteiger partial charge in [-0.1, -0.05) is 6.07 Å². The highest BCUT2D eigenvalue weighted by molar-refractivity contribution is 7.91. The zero-order valence-electron chi connectivity index (χ0n) is 10.8. The Kier molecular flexibility index (Phi) is 3.80. The molecule has 6 heteroatoms. The number of carbonyl (C=O) groups is 1. The molecule has 3 N–H and O–H groups in total. The van der Waals surface area contributed by atoms with Crippen molar-refractivity contribution < 1.29 is 13.2 Å². The minimum Gasteiger partial charge on any atom is -0.398 e. The van der Waals surface area contributed by atoms with Crippen LogP contribution in [0.4, 0.5) is 5.69 Å². The molecule has 1 amide bonds. The van der Waals surface area contributed by atoms with Crippen LogP contribution in [0, 0.1) is 6.92 Å². The molecule has 0 spiro atoms. The highest BCUT2D eigenvalue weighted by Gasteiger charge is 2.25. The fraction of sp³-hybridized carbons (Fsp3) is 0.462. The molecule has 1 saturated carbocycles. The van der Waals surface area contributed by atoms with Crippen LogP contribution < -0.4 is 11.1 Å². The molecule has 0 radical (unpaired) electrons. The number of carbonyl (C=O) groups excluding carboxylic acids is 1. The number of sulfone groups is 1. The van der Waals surface area contributed by atoms with Crippen LogP contribution in [0.25, 0.3) is 0 Å². The monoisotopic (exact) mass is 282 g/mol. The van der Waals surface area contributed by atoms with Crippen molar-refractivity contribution in [3.8, 4) is 0 Å². The number of nitrogens with two attached hydrogens (primary N) is 1. The molecule has 0 atom stereocenters. The van der Waals surface area contributed by atoms with E-state index in [0.717, 1.165) is 18.4 Å². The first-order chi connectivity index (χ1) is 8.88. The van der Waals surface area contributed by atoms with Crippen LogP contribution in [-0.4, -0.2) is 26.1 Å². The molecule has 0 bridgehead atoms. The third-order valence-corrected chi connectivity index (χ3v) is 4.82. The molecule has 104 valence electrons. The summed E-state index contributed by atoms with van der Waals surface area (Å²) in [5.74, 6) is -0.421. The average Bonchev–Trinajstić information content (AvgIpc) is 3.10. The van der Waals surface area contributed by atoms with Gasteiger partial charge >= 0.3 is 0 Å². The topological polar surface area (TPSA) is 89.3 Å². The Hall–Kier alpha value is -1.56. The lowest BCUT2D eigenvalue weighted by Gasteiger charge is -2.08. The van der Waals surface area contributed by atoms with Crippen LogP contribution >= 0.6 is 0 Å². The molecule has 2 rings (SSSR count). The van der Waals surface area contributed by atoms with E-state index >= 15 is 0 Å². The van der Waals surface area contributed by atoms with E-state index in [-0.39, 0.29) is 34.7 Å². The predicted molar refractivity (Wildman–Crippen MR) is 73.4 cm³/mol. The summed E-state index contributed by atoms with van der Waals surface area (Å²) >= 11 is 0. The van der Waals surface area contributed by atoms with Crippen LogP contribution in [0.2, 0.25) is 0 Å². The highest BCUT2D eigenvalue weighted by Crippen LogP contribution is 2.22. The SMILES string of the molecule is Cc1ccc(S(=O)(=O)CCC(=O)NC2CC2)c(N)c1. The predicted octanol–water partition coefficient (Wildman–Crippen LogP) is 1.02. The van der Waals surface area contributed by atoms with Crippen LogP contribution in [0.15, 0.2) is 23.1 Å². The zero-order valence-corrected chi connectivity index (χ0v) is 11.7. The third kappa shape index (κ3) is 3.70. The first-order valence-corrected chi connectivity index (χ1v) is 7.92. The van der Waals surface area contributed by atoms with Gasteiger partial charge in [-0.15, -0.1) is 0 Å². The molecule has 0 aliphatic heterocycles.